The van der Waals surface area contributed by atoms with Gasteiger partial charge in [0.15, 0.2) is 0 Å². The van der Waals surface area contributed by atoms with Crippen molar-refractivity contribution in [3.05, 3.63) is 35.9 Å². The predicted molar refractivity (Wildman–Crippen MR) is 88.1 cm³/mol. The Morgan fingerprint density at radius 2 is 1.68 bits per heavy atom. The lowest BCUT2D eigenvalue weighted by molar-refractivity contribution is -0.135. The zero-order valence-electron chi connectivity index (χ0n) is 13.2. The van der Waals surface area contributed by atoms with Gasteiger partial charge in [0, 0.05) is 13.0 Å². The second-order valence-corrected chi connectivity index (χ2v) is 5.47. The number of carbonyl (C=O) groups excluding carboxylic acids is 2. The van der Waals surface area contributed by atoms with E-state index in [-0.39, 0.29) is 12.5 Å². The highest BCUT2D eigenvalue weighted by atomic mass is 16.2. The Kier molecular flexibility index (Phi) is 8.91. The fourth-order valence-corrected chi connectivity index (χ4v) is 2.33. The first-order chi connectivity index (χ1) is 10.6. The highest BCUT2D eigenvalue weighted by Gasteiger charge is 2.15. The molecule has 1 aromatic rings. The van der Waals surface area contributed by atoms with E-state index in [1.165, 1.54) is 0 Å². The molecule has 1 rings (SSSR count). The van der Waals surface area contributed by atoms with Crippen LogP contribution in [0.3, 0.4) is 0 Å². The van der Waals surface area contributed by atoms with Gasteiger partial charge in [0.25, 0.3) is 0 Å². The van der Waals surface area contributed by atoms with Gasteiger partial charge in [-0.2, -0.15) is 0 Å². The summed E-state index contributed by atoms with van der Waals surface area (Å²) in [5, 5.41) is 0. The van der Waals surface area contributed by atoms with Gasteiger partial charge in [-0.1, -0.05) is 43.2 Å². The first-order valence-electron chi connectivity index (χ1n) is 7.93. The van der Waals surface area contributed by atoms with Gasteiger partial charge < -0.3 is 16.4 Å². The van der Waals surface area contributed by atoms with Crippen molar-refractivity contribution in [2.75, 3.05) is 19.6 Å². The van der Waals surface area contributed by atoms with Crippen molar-refractivity contribution in [3.63, 3.8) is 0 Å². The van der Waals surface area contributed by atoms with Crippen molar-refractivity contribution in [1.82, 2.24) is 4.90 Å². The number of unbranched alkanes of at least 4 members (excludes halogenated alkanes) is 3. The minimum Gasteiger partial charge on any atom is -0.368 e. The molecular weight excluding hydrogens is 278 g/mol. The minimum atomic E-state index is -0.463. The molecule has 0 fully saturated rings. The maximum absolute atomic E-state index is 12.3. The first-order valence-corrected chi connectivity index (χ1v) is 7.93. The Bertz CT molecular complexity index is 448. The van der Waals surface area contributed by atoms with Gasteiger partial charge in [0.2, 0.25) is 11.8 Å². The van der Waals surface area contributed by atoms with Crippen LogP contribution in [0.25, 0.3) is 0 Å². The molecule has 0 saturated carbocycles. The van der Waals surface area contributed by atoms with Crippen molar-refractivity contribution in [2.45, 2.75) is 38.5 Å². The van der Waals surface area contributed by atoms with Crippen LogP contribution in [0.1, 0.15) is 37.7 Å². The van der Waals surface area contributed by atoms with Crippen molar-refractivity contribution >= 4 is 11.8 Å². The summed E-state index contributed by atoms with van der Waals surface area (Å²) in [7, 11) is 0. The summed E-state index contributed by atoms with van der Waals surface area (Å²) in [4.78, 5) is 25.0. The number of carbonyl (C=O) groups is 2. The molecule has 0 aromatic heterocycles. The average molecular weight is 305 g/mol. The van der Waals surface area contributed by atoms with Crippen molar-refractivity contribution in [3.8, 4) is 0 Å². The van der Waals surface area contributed by atoms with Crippen LogP contribution in [0.15, 0.2) is 30.3 Å². The molecule has 22 heavy (non-hydrogen) atoms. The van der Waals surface area contributed by atoms with Crippen molar-refractivity contribution in [1.29, 1.82) is 0 Å². The number of benzene rings is 1. The molecule has 0 bridgehead atoms. The zero-order chi connectivity index (χ0) is 16.2. The van der Waals surface area contributed by atoms with Gasteiger partial charge in [0.1, 0.15) is 0 Å². The summed E-state index contributed by atoms with van der Waals surface area (Å²) in [6, 6.07) is 9.86. The van der Waals surface area contributed by atoms with Crippen LogP contribution in [0, 0.1) is 0 Å². The molecule has 5 nitrogen and oxygen atoms in total. The summed E-state index contributed by atoms with van der Waals surface area (Å²) in [6.07, 6.45) is 5.03. The molecule has 1 aromatic carbocycles. The van der Waals surface area contributed by atoms with Crippen LogP contribution in [0.2, 0.25) is 0 Å². The number of hydrogen-bond donors (Lipinski definition) is 2. The summed E-state index contributed by atoms with van der Waals surface area (Å²) >= 11 is 0. The van der Waals surface area contributed by atoms with Gasteiger partial charge in [0.05, 0.1) is 6.54 Å². The molecule has 0 aliphatic carbocycles. The van der Waals surface area contributed by atoms with E-state index >= 15 is 0 Å². The molecule has 2 amide bonds. The Morgan fingerprint density at radius 3 is 2.32 bits per heavy atom. The molecule has 4 N–H and O–H groups in total. The molecule has 5 heteroatoms. The molecule has 0 aliphatic rings. The molecule has 0 saturated heterocycles. The maximum atomic E-state index is 12.3. The number of nitrogens with two attached hydrogens (primary N) is 2. The fraction of sp³-hybridized carbons (Fsp3) is 0.529. The van der Waals surface area contributed by atoms with Crippen LogP contribution >= 0.6 is 0 Å². The second-order valence-electron chi connectivity index (χ2n) is 5.47. The molecule has 0 heterocycles. The van der Waals surface area contributed by atoms with E-state index in [9.17, 15) is 9.59 Å². The highest BCUT2D eigenvalue weighted by molar-refractivity contribution is 5.83. The number of aryl methyl sites for hydroxylation is 1. The Labute approximate surface area is 132 Å². The van der Waals surface area contributed by atoms with E-state index in [1.54, 1.807) is 4.90 Å². The third kappa shape index (κ3) is 7.78. The lowest BCUT2D eigenvalue weighted by Gasteiger charge is -2.21. The highest BCUT2D eigenvalue weighted by Crippen LogP contribution is 2.07. The lowest BCUT2D eigenvalue weighted by atomic mass is 10.1. The number of hydrogen-bond acceptors (Lipinski definition) is 3. The second kappa shape index (κ2) is 10.8. The van der Waals surface area contributed by atoms with E-state index < -0.39 is 5.91 Å². The summed E-state index contributed by atoms with van der Waals surface area (Å²) in [6.45, 7) is 1.28. The number of rotatable bonds is 11. The standard InChI is InChI=1S/C17H27N3O2/c18-12-6-1-2-7-13-20(14-16(19)21)17(22)11-10-15-8-4-3-5-9-15/h3-5,8-9H,1-2,6-7,10-14,18H2,(H2,19,21). The smallest absolute Gasteiger partial charge is 0.237 e. The predicted octanol–water partition coefficient (Wildman–Crippen LogP) is 1.45. The molecular formula is C17H27N3O2. The monoisotopic (exact) mass is 305 g/mol. The molecule has 0 atom stereocenters. The molecule has 122 valence electrons. The fourth-order valence-electron chi connectivity index (χ4n) is 2.33. The largest absolute Gasteiger partial charge is 0.368 e. The van der Waals surface area contributed by atoms with E-state index in [0.29, 0.717) is 25.9 Å². The SMILES string of the molecule is NCCCCCCN(CC(N)=O)C(=O)CCc1ccccc1. The van der Waals surface area contributed by atoms with Crippen LogP contribution in [-0.4, -0.2) is 36.3 Å². The van der Waals surface area contributed by atoms with E-state index in [4.69, 9.17) is 11.5 Å². The molecule has 0 radical (unpaired) electrons. The summed E-state index contributed by atoms with van der Waals surface area (Å²) in [5.41, 5.74) is 11.8. The number of nitrogens with zero attached hydrogens (tertiary/aromatic N) is 1. The molecule has 0 unspecified atom stereocenters. The van der Waals surface area contributed by atoms with Crippen LogP contribution < -0.4 is 11.5 Å². The molecule has 0 aliphatic heterocycles. The van der Waals surface area contributed by atoms with Gasteiger partial charge in [-0.05, 0) is 31.4 Å². The van der Waals surface area contributed by atoms with Crippen molar-refractivity contribution < 1.29 is 9.59 Å². The van der Waals surface area contributed by atoms with Gasteiger partial charge in [-0.25, -0.2) is 0 Å². The summed E-state index contributed by atoms with van der Waals surface area (Å²) in [5.74, 6) is -0.475. The van der Waals surface area contributed by atoms with E-state index in [0.717, 1.165) is 31.2 Å². The third-order valence-corrected chi connectivity index (χ3v) is 3.55. The Balaban J connectivity index is 2.40. The lowest BCUT2D eigenvalue weighted by Crippen LogP contribution is -2.39. The molecule has 0 spiro atoms. The van der Waals surface area contributed by atoms with Gasteiger partial charge in [-0.15, -0.1) is 0 Å². The Morgan fingerprint density at radius 1 is 1.00 bits per heavy atom. The van der Waals surface area contributed by atoms with Crippen LogP contribution in [0.5, 0.6) is 0 Å². The minimum absolute atomic E-state index is 0.00448. The number of amides is 2. The topological polar surface area (TPSA) is 89.4 Å². The quantitative estimate of drug-likeness (QED) is 0.606. The third-order valence-electron chi connectivity index (χ3n) is 3.55. The van der Waals surface area contributed by atoms with Gasteiger partial charge >= 0.3 is 0 Å². The number of primary amides is 1. The van der Waals surface area contributed by atoms with E-state index in [2.05, 4.69) is 0 Å². The van der Waals surface area contributed by atoms with Crippen LogP contribution in [0.4, 0.5) is 0 Å². The van der Waals surface area contributed by atoms with E-state index in [1.807, 2.05) is 30.3 Å². The van der Waals surface area contributed by atoms with Crippen molar-refractivity contribution in [2.24, 2.45) is 11.5 Å². The normalized spacial score (nSPS) is 10.4. The summed E-state index contributed by atoms with van der Waals surface area (Å²) < 4.78 is 0. The Hall–Kier alpha value is -1.88. The first kappa shape index (κ1) is 18.2. The zero-order valence-corrected chi connectivity index (χ0v) is 13.2. The average Bonchev–Trinajstić information content (AvgIpc) is 2.52. The maximum Gasteiger partial charge on any atom is 0.237 e. The van der Waals surface area contributed by atoms with Gasteiger partial charge in [-0.3, -0.25) is 9.59 Å². The van der Waals surface area contributed by atoms with Crippen LogP contribution in [-0.2, 0) is 16.0 Å².